The number of fused-ring (bicyclic) bond motifs is 1. The van der Waals surface area contributed by atoms with Gasteiger partial charge < -0.3 is 0 Å². The van der Waals surface area contributed by atoms with Gasteiger partial charge in [0.15, 0.2) is 0 Å². The molecule has 1 fully saturated rings. The molecule has 0 radical (unpaired) electrons. The Balaban J connectivity index is 1.87. The second-order valence-corrected chi connectivity index (χ2v) is 9.28. The fourth-order valence-corrected chi connectivity index (χ4v) is 4.89. The lowest BCUT2D eigenvalue weighted by molar-refractivity contribution is -0.634. The number of aryl methyl sites for hydroxylation is 3. The Morgan fingerprint density at radius 3 is 2.59 bits per heavy atom. The van der Waals surface area contributed by atoms with Crippen LogP contribution in [0.2, 0.25) is 0 Å². The van der Waals surface area contributed by atoms with Gasteiger partial charge in [0.2, 0.25) is 11.2 Å². The summed E-state index contributed by atoms with van der Waals surface area (Å²) in [5.74, 6) is 0.630. The molecule has 1 atom stereocenters. The van der Waals surface area contributed by atoms with Crippen LogP contribution in [0.15, 0.2) is 36.5 Å². The SMILES string of the molecule is Cc1cc(C)c(C)c(-c2cnc3c(C4CCC(C)(C)C4)cccc3[n+]2C)c1. The molecule has 3 aromatic rings. The lowest BCUT2D eigenvalue weighted by Gasteiger charge is -2.18. The van der Waals surface area contributed by atoms with E-state index in [0.29, 0.717) is 11.3 Å². The van der Waals surface area contributed by atoms with E-state index in [9.17, 15) is 0 Å². The van der Waals surface area contributed by atoms with Crippen molar-refractivity contribution in [2.45, 2.75) is 59.8 Å². The number of nitrogens with zero attached hydrogens (tertiary/aromatic N) is 2. The molecule has 0 spiro atoms. The minimum atomic E-state index is 0.450. The summed E-state index contributed by atoms with van der Waals surface area (Å²) >= 11 is 0. The molecule has 1 aromatic heterocycles. The Morgan fingerprint density at radius 1 is 1.11 bits per heavy atom. The van der Waals surface area contributed by atoms with Crippen molar-refractivity contribution >= 4 is 11.0 Å². The Kier molecular flexibility index (Phi) is 4.33. The molecule has 1 unspecified atom stereocenters. The summed E-state index contributed by atoms with van der Waals surface area (Å²) in [5, 5.41) is 0. The molecule has 0 amide bonds. The number of hydrogen-bond acceptors (Lipinski definition) is 1. The number of aromatic nitrogens is 2. The summed E-state index contributed by atoms with van der Waals surface area (Å²) < 4.78 is 2.33. The Morgan fingerprint density at radius 2 is 1.89 bits per heavy atom. The van der Waals surface area contributed by atoms with Crippen molar-refractivity contribution < 1.29 is 4.57 Å². The van der Waals surface area contributed by atoms with Crippen LogP contribution >= 0.6 is 0 Å². The lowest BCUT2D eigenvalue weighted by atomic mass is 9.88. The van der Waals surface area contributed by atoms with Gasteiger partial charge in [-0.15, -0.1) is 0 Å². The topological polar surface area (TPSA) is 16.8 Å². The van der Waals surface area contributed by atoms with Gasteiger partial charge in [0.1, 0.15) is 18.8 Å². The van der Waals surface area contributed by atoms with Crippen LogP contribution in [0.25, 0.3) is 22.3 Å². The highest BCUT2D eigenvalue weighted by Crippen LogP contribution is 2.47. The average molecular weight is 360 g/mol. The maximum Gasteiger partial charge on any atom is 0.231 e. The summed E-state index contributed by atoms with van der Waals surface area (Å²) in [4.78, 5) is 4.99. The van der Waals surface area contributed by atoms with E-state index in [-0.39, 0.29) is 0 Å². The van der Waals surface area contributed by atoms with Crippen molar-refractivity contribution in [3.63, 3.8) is 0 Å². The highest BCUT2D eigenvalue weighted by atomic mass is 15.0. The Bertz CT molecular complexity index is 1030. The molecule has 2 aromatic carbocycles. The van der Waals surface area contributed by atoms with Crippen LogP contribution in [0, 0.1) is 26.2 Å². The molecule has 1 aliphatic carbocycles. The zero-order valence-corrected chi connectivity index (χ0v) is 17.6. The van der Waals surface area contributed by atoms with Gasteiger partial charge in [0.25, 0.3) is 0 Å². The third-order valence-corrected chi connectivity index (χ3v) is 6.58. The molecule has 0 saturated heterocycles. The Hall–Kier alpha value is -2.22. The second kappa shape index (κ2) is 6.44. The fraction of sp³-hybridized carbons (Fsp3) is 0.440. The third kappa shape index (κ3) is 3.16. The van der Waals surface area contributed by atoms with E-state index in [4.69, 9.17) is 4.98 Å². The summed E-state index contributed by atoms with van der Waals surface area (Å²) in [6, 6.07) is 11.3. The van der Waals surface area contributed by atoms with Crippen LogP contribution in [-0.2, 0) is 7.05 Å². The number of rotatable bonds is 2. The fourth-order valence-electron chi connectivity index (χ4n) is 4.89. The van der Waals surface area contributed by atoms with Gasteiger partial charge in [-0.1, -0.05) is 37.6 Å². The van der Waals surface area contributed by atoms with Gasteiger partial charge in [-0.2, -0.15) is 4.57 Å². The van der Waals surface area contributed by atoms with Gasteiger partial charge in [-0.3, -0.25) is 0 Å². The molecule has 0 bridgehead atoms. The number of para-hydroxylation sites is 1. The van der Waals surface area contributed by atoms with Crippen LogP contribution in [0.1, 0.15) is 61.3 Å². The molecule has 1 saturated carbocycles. The minimum Gasteiger partial charge on any atom is -0.243 e. The zero-order chi connectivity index (χ0) is 19.3. The van der Waals surface area contributed by atoms with Crippen molar-refractivity contribution in [1.82, 2.24) is 4.98 Å². The number of hydrogen-bond donors (Lipinski definition) is 0. The quantitative estimate of drug-likeness (QED) is 0.517. The molecule has 1 aliphatic rings. The van der Waals surface area contributed by atoms with Crippen LogP contribution < -0.4 is 4.57 Å². The smallest absolute Gasteiger partial charge is 0.231 e. The minimum absolute atomic E-state index is 0.450. The largest absolute Gasteiger partial charge is 0.243 e. The first kappa shape index (κ1) is 18.2. The standard InChI is InChI=1S/C25H31N2/c1-16-12-17(2)18(3)21(13-16)23-15-26-24-20(8-7-9-22(24)27(23)6)19-10-11-25(4,5)14-19/h7-9,12-13,15,19H,10-11,14H2,1-6H3/q+1. The van der Waals surface area contributed by atoms with Gasteiger partial charge in [0.05, 0.1) is 5.56 Å². The molecular formula is C25H31N2+. The molecule has 1 heterocycles. The lowest BCUT2D eigenvalue weighted by Crippen LogP contribution is -2.33. The summed E-state index contributed by atoms with van der Waals surface area (Å²) in [7, 11) is 2.18. The van der Waals surface area contributed by atoms with Crippen molar-refractivity contribution in [3.8, 4) is 11.3 Å². The van der Waals surface area contributed by atoms with Gasteiger partial charge in [0, 0.05) is 6.07 Å². The highest BCUT2D eigenvalue weighted by molar-refractivity contribution is 5.77. The predicted molar refractivity (Wildman–Crippen MR) is 113 cm³/mol. The zero-order valence-electron chi connectivity index (χ0n) is 17.6. The third-order valence-electron chi connectivity index (χ3n) is 6.58. The van der Waals surface area contributed by atoms with Crippen molar-refractivity contribution in [1.29, 1.82) is 0 Å². The second-order valence-electron chi connectivity index (χ2n) is 9.28. The van der Waals surface area contributed by atoms with Gasteiger partial charge >= 0.3 is 0 Å². The van der Waals surface area contributed by atoms with Gasteiger partial charge in [-0.05, 0) is 74.1 Å². The van der Waals surface area contributed by atoms with Crippen LogP contribution in [0.5, 0.6) is 0 Å². The summed E-state index contributed by atoms with van der Waals surface area (Å²) in [6.45, 7) is 11.4. The monoisotopic (exact) mass is 359 g/mol. The molecule has 0 N–H and O–H groups in total. The molecule has 0 aliphatic heterocycles. The normalized spacial score (nSPS) is 19.0. The predicted octanol–water partition coefficient (Wildman–Crippen LogP) is 5.95. The molecule has 140 valence electrons. The first-order valence-electron chi connectivity index (χ1n) is 10.1. The van der Waals surface area contributed by atoms with Crippen molar-refractivity contribution in [2.75, 3.05) is 0 Å². The van der Waals surface area contributed by atoms with Crippen molar-refractivity contribution in [3.05, 3.63) is 58.8 Å². The van der Waals surface area contributed by atoms with Crippen LogP contribution in [0.3, 0.4) is 0 Å². The van der Waals surface area contributed by atoms with Crippen LogP contribution in [0.4, 0.5) is 0 Å². The van der Waals surface area contributed by atoms with Crippen LogP contribution in [-0.4, -0.2) is 4.98 Å². The molecule has 4 rings (SSSR count). The van der Waals surface area contributed by atoms with Crippen molar-refractivity contribution in [2.24, 2.45) is 12.5 Å². The van der Waals surface area contributed by atoms with E-state index in [0.717, 1.165) is 0 Å². The maximum absolute atomic E-state index is 4.99. The summed E-state index contributed by atoms with van der Waals surface area (Å²) in [5.41, 5.74) is 10.7. The van der Waals surface area contributed by atoms with E-state index < -0.39 is 0 Å². The van der Waals surface area contributed by atoms with E-state index >= 15 is 0 Å². The first-order valence-corrected chi connectivity index (χ1v) is 10.1. The molecule has 2 heteroatoms. The molecule has 27 heavy (non-hydrogen) atoms. The maximum atomic E-state index is 4.99. The highest BCUT2D eigenvalue weighted by Gasteiger charge is 2.33. The van der Waals surface area contributed by atoms with E-state index in [1.807, 2.05) is 0 Å². The van der Waals surface area contributed by atoms with E-state index in [1.54, 1.807) is 0 Å². The van der Waals surface area contributed by atoms with E-state index in [1.165, 1.54) is 63.8 Å². The Labute approximate surface area is 163 Å². The molecular weight excluding hydrogens is 328 g/mol. The van der Waals surface area contributed by atoms with Gasteiger partial charge in [-0.25, -0.2) is 4.98 Å². The van der Waals surface area contributed by atoms with E-state index in [2.05, 4.69) is 82.8 Å². The molecule has 2 nitrogen and oxygen atoms in total. The summed E-state index contributed by atoms with van der Waals surface area (Å²) in [6.07, 6.45) is 5.91. The average Bonchev–Trinajstić information content (AvgIpc) is 2.98. The first-order chi connectivity index (χ1) is 12.8. The number of benzene rings is 2.